The molecule has 3 rings (SSSR count). The van der Waals surface area contributed by atoms with Crippen LogP contribution in [0, 0.1) is 17.5 Å². The number of halogens is 5. The Morgan fingerprint density at radius 1 is 0.862 bits per heavy atom. The molecular weight excluding hydrogens is 450 g/mol. The maximum Gasteiger partial charge on any atom is 0.263 e. The lowest BCUT2D eigenvalue weighted by atomic mass is 10.0. The summed E-state index contributed by atoms with van der Waals surface area (Å²) in [6.07, 6.45) is 0. The number of methoxy groups -OCH3 is 1. The zero-order valence-electron chi connectivity index (χ0n) is 14.6. The standard InChI is InChI=1S/C19H12Cl2F3NO3S/c1-28-14-8-9-15(17(21)16(14)20)29(26,27)25-13-5-3-2-4-10(13)11-6-7-12(22)19(24)18(11)23/h2-9,25H,1H3. The van der Waals surface area contributed by atoms with Gasteiger partial charge in [-0.1, -0.05) is 41.4 Å². The average Bonchev–Trinajstić information content (AvgIpc) is 2.68. The third kappa shape index (κ3) is 4.01. The van der Waals surface area contributed by atoms with E-state index >= 15 is 0 Å². The van der Waals surface area contributed by atoms with Gasteiger partial charge in [0.15, 0.2) is 17.5 Å². The smallest absolute Gasteiger partial charge is 0.263 e. The van der Waals surface area contributed by atoms with Crippen molar-refractivity contribution >= 4 is 38.9 Å². The molecule has 0 aromatic heterocycles. The van der Waals surface area contributed by atoms with Crippen LogP contribution in [-0.4, -0.2) is 15.5 Å². The van der Waals surface area contributed by atoms with Gasteiger partial charge in [-0.2, -0.15) is 0 Å². The van der Waals surface area contributed by atoms with Crippen LogP contribution >= 0.6 is 23.2 Å². The molecule has 0 aliphatic heterocycles. The van der Waals surface area contributed by atoms with Crippen molar-refractivity contribution in [1.29, 1.82) is 0 Å². The highest BCUT2D eigenvalue weighted by Gasteiger charge is 2.24. The minimum atomic E-state index is -4.27. The number of anilines is 1. The number of nitrogens with one attached hydrogen (secondary N) is 1. The van der Waals surface area contributed by atoms with Gasteiger partial charge in [-0.25, -0.2) is 21.6 Å². The lowest BCUT2D eigenvalue weighted by Gasteiger charge is -2.15. The predicted molar refractivity (Wildman–Crippen MR) is 106 cm³/mol. The van der Waals surface area contributed by atoms with E-state index in [0.717, 1.165) is 12.1 Å². The summed E-state index contributed by atoms with van der Waals surface area (Å²) < 4.78 is 74.1. The van der Waals surface area contributed by atoms with Crippen LogP contribution in [0.3, 0.4) is 0 Å². The highest BCUT2D eigenvalue weighted by atomic mass is 35.5. The third-order valence-electron chi connectivity index (χ3n) is 4.02. The first kappa shape index (κ1) is 21.3. The second kappa shape index (κ2) is 8.14. The Balaban J connectivity index is 2.09. The molecule has 0 unspecified atom stereocenters. The first-order valence-corrected chi connectivity index (χ1v) is 10.2. The number of benzene rings is 3. The summed E-state index contributed by atoms with van der Waals surface area (Å²) in [5.74, 6) is -4.28. The Morgan fingerprint density at radius 3 is 2.24 bits per heavy atom. The zero-order valence-corrected chi connectivity index (χ0v) is 17.0. The molecule has 0 fully saturated rings. The monoisotopic (exact) mass is 461 g/mol. The molecular formula is C19H12Cl2F3NO3S. The normalized spacial score (nSPS) is 11.4. The molecule has 152 valence electrons. The molecule has 1 N–H and O–H groups in total. The topological polar surface area (TPSA) is 55.4 Å². The van der Waals surface area contributed by atoms with Crippen molar-refractivity contribution in [2.24, 2.45) is 0 Å². The van der Waals surface area contributed by atoms with Crippen LogP contribution < -0.4 is 9.46 Å². The van der Waals surface area contributed by atoms with Gasteiger partial charge in [-0.05, 0) is 30.3 Å². The molecule has 0 atom stereocenters. The van der Waals surface area contributed by atoms with Crippen LogP contribution in [0.5, 0.6) is 5.75 Å². The summed E-state index contributed by atoms with van der Waals surface area (Å²) in [4.78, 5) is -0.342. The van der Waals surface area contributed by atoms with Gasteiger partial charge in [0.2, 0.25) is 0 Å². The largest absolute Gasteiger partial charge is 0.495 e. The van der Waals surface area contributed by atoms with Crippen molar-refractivity contribution in [1.82, 2.24) is 0 Å². The van der Waals surface area contributed by atoms with Gasteiger partial charge in [0.25, 0.3) is 10.0 Å². The van der Waals surface area contributed by atoms with Gasteiger partial charge in [-0.15, -0.1) is 0 Å². The molecule has 0 aliphatic rings. The Hall–Kier alpha value is -2.42. The van der Waals surface area contributed by atoms with Crippen molar-refractivity contribution in [3.63, 3.8) is 0 Å². The van der Waals surface area contributed by atoms with Gasteiger partial charge in [0.05, 0.1) is 17.8 Å². The molecule has 10 heteroatoms. The van der Waals surface area contributed by atoms with Crippen LogP contribution in [0.1, 0.15) is 0 Å². The van der Waals surface area contributed by atoms with E-state index in [1.807, 2.05) is 0 Å². The van der Waals surface area contributed by atoms with Crippen molar-refractivity contribution < 1.29 is 26.3 Å². The third-order valence-corrected chi connectivity index (χ3v) is 6.40. The maximum absolute atomic E-state index is 14.2. The molecule has 0 amide bonds. The summed E-state index contributed by atoms with van der Waals surface area (Å²) in [6, 6.07) is 9.95. The Morgan fingerprint density at radius 2 is 1.55 bits per heavy atom. The number of para-hydroxylation sites is 1. The minimum Gasteiger partial charge on any atom is -0.495 e. The van der Waals surface area contributed by atoms with Crippen LogP contribution in [0.4, 0.5) is 18.9 Å². The number of hydrogen-bond acceptors (Lipinski definition) is 3. The van der Waals surface area contributed by atoms with E-state index in [4.69, 9.17) is 27.9 Å². The molecule has 0 bridgehead atoms. The number of sulfonamides is 1. The first-order valence-electron chi connectivity index (χ1n) is 7.95. The van der Waals surface area contributed by atoms with Crippen LogP contribution in [-0.2, 0) is 10.0 Å². The molecule has 0 saturated heterocycles. The van der Waals surface area contributed by atoms with Crippen LogP contribution in [0.2, 0.25) is 10.0 Å². The second-order valence-electron chi connectivity index (χ2n) is 5.77. The molecule has 0 spiro atoms. The SMILES string of the molecule is COc1ccc(S(=O)(=O)Nc2ccccc2-c2ccc(F)c(F)c2F)c(Cl)c1Cl. The lowest BCUT2D eigenvalue weighted by molar-refractivity contribution is 0.414. The van der Waals surface area contributed by atoms with E-state index in [1.165, 1.54) is 43.5 Å². The number of ether oxygens (including phenoxy) is 1. The van der Waals surface area contributed by atoms with Gasteiger partial charge < -0.3 is 4.74 Å². The Kier molecular flexibility index (Phi) is 5.97. The average molecular weight is 462 g/mol. The van der Waals surface area contributed by atoms with E-state index in [1.54, 1.807) is 0 Å². The molecule has 4 nitrogen and oxygen atoms in total. The second-order valence-corrected chi connectivity index (χ2v) is 8.17. The minimum absolute atomic E-state index is 0.00297. The van der Waals surface area contributed by atoms with Gasteiger partial charge in [0.1, 0.15) is 15.7 Å². The number of hydrogen-bond donors (Lipinski definition) is 1. The first-order chi connectivity index (χ1) is 13.7. The Labute approximate surface area is 174 Å². The lowest BCUT2D eigenvalue weighted by Crippen LogP contribution is -2.14. The van der Waals surface area contributed by atoms with E-state index in [9.17, 15) is 21.6 Å². The van der Waals surface area contributed by atoms with Crippen molar-refractivity contribution in [3.05, 3.63) is 76.0 Å². The molecule has 0 heterocycles. The molecule has 3 aromatic rings. The summed E-state index contributed by atoms with van der Waals surface area (Å²) in [6.45, 7) is 0. The van der Waals surface area contributed by atoms with Gasteiger partial charge >= 0.3 is 0 Å². The van der Waals surface area contributed by atoms with Crippen LogP contribution in [0.25, 0.3) is 11.1 Å². The molecule has 3 aromatic carbocycles. The molecule has 0 saturated carbocycles. The fraction of sp³-hybridized carbons (Fsp3) is 0.0526. The maximum atomic E-state index is 14.2. The highest BCUT2D eigenvalue weighted by Crippen LogP contribution is 2.38. The van der Waals surface area contributed by atoms with Gasteiger partial charge in [0, 0.05) is 11.1 Å². The zero-order chi connectivity index (χ0) is 21.3. The molecule has 29 heavy (non-hydrogen) atoms. The fourth-order valence-corrected chi connectivity index (χ4v) is 4.54. The summed E-state index contributed by atoms with van der Waals surface area (Å²) >= 11 is 12.1. The van der Waals surface area contributed by atoms with Crippen molar-refractivity contribution in [2.45, 2.75) is 4.90 Å². The highest BCUT2D eigenvalue weighted by molar-refractivity contribution is 7.92. The summed E-state index contributed by atoms with van der Waals surface area (Å²) in [5, 5.41) is -0.369. The number of rotatable bonds is 5. The summed E-state index contributed by atoms with van der Waals surface area (Å²) in [5.41, 5.74) is -0.385. The molecule has 0 radical (unpaired) electrons. The van der Waals surface area contributed by atoms with E-state index in [2.05, 4.69) is 4.72 Å². The summed E-state index contributed by atoms with van der Waals surface area (Å²) in [7, 11) is -2.92. The van der Waals surface area contributed by atoms with Crippen molar-refractivity contribution in [2.75, 3.05) is 11.8 Å². The predicted octanol–water partition coefficient (Wildman–Crippen LogP) is 5.89. The van der Waals surface area contributed by atoms with E-state index in [0.29, 0.717) is 0 Å². The van der Waals surface area contributed by atoms with Crippen LogP contribution in [0.15, 0.2) is 53.4 Å². The Bertz CT molecular complexity index is 1200. The van der Waals surface area contributed by atoms with Crippen molar-refractivity contribution in [3.8, 4) is 16.9 Å². The molecule has 0 aliphatic carbocycles. The van der Waals surface area contributed by atoms with Gasteiger partial charge in [-0.3, -0.25) is 4.72 Å². The quantitative estimate of drug-likeness (QED) is 0.482. The van der Waals surface area contributed by atoms with E-state index in [-0.39, 0.29) is 37.5 Å². The fourth-order valence-electron chi connectivity index (χ4n) is 2.62. The van der Waals surface area contributed by atoms with E-state index < -0.39 is 27.5 Å².